The Morgan fingerprint density at radius 1 is 1.27 bits per heavy atom. The van der Waals surface area contributed by atoms with Crippen molar-refractivity contribution in [1.82, 2.24) is 0 Å². The first-order chi connectivity index (χ1) is 14.5. The standard InChI is InChI=1S/C24H29NO5/c1-5-12-29-19-11-10-16(14-20(19)28-4)22-21(24(27)30-13-6-2)15(3)25-17-8-7-9-18(26)23(17)22/h6,10-11,14,22-23H,2,5,7-9,12-13H2,1,3-4H3/t22-,23?/m0/s1. The summed E-state index contributed by atoms with van der Waals surface area (Å²) < 4.78 is 16.7. The van der Waals surface area contributed by atoms with Gasteiger partial charge in [-0.15, -0.1) is 0 Å². The van der Waals surface area contributed by atoms with Crippen molar-refractivity contribution in [3.8, 4) is 11.5 Å². The van der Waals surface area contributed by atoms with Gasteiger partial charge in [0.2, 0.25) is 0 Å². The van der Waals surface area contributed by atoms with Crippen molar-refractivity contribution in [2.45, 2.75) is 45.4 Å². The van der Waals surface area contributed by atoms with Gasteiger partial charge >= 0.3 is 5.97 Å². The van der Waals surface area contributed by atoms with E-state index in [2.05, 4.69) is 11.6 Å². The quantitative estimate of drug-likeness (QED) is 0.468. The van der Waals surface area contributed by atoms with Crippen LogP contribution >= 0.6 is 0 Å². The van der Waals surface area contributed by atoms with Crippen LogP contribution in [-0.2, 0) is 14.3 Å². The molecule has 1 saturated carbocycles. The molecule has 0 bridgehead atoms. The van der Waals surface area contributed by atoms with Crippen molar-refractivity contribution in [2.24, 2.45) is 10.9 Å². The van der Waals surface area contributed by atoms with Crippen molar-refractivity contribution in [1.29, 1.82) is 0 Å². The highest BCUT2D eigenvalue weighted by Gasteiger charge is 2.43. The number of ether oxygens (including phenoxy) is 3. The predicted octanol–water partition coefficient (Wildman–Crippen LogP) is 4.39. The van der Waals surface area contributed by atoms with Crippen LogP contribution < -0.4 is 9.47 Å². The molecule has 30 heavy (non-hydrogen) atoms. The molecule has 0 radical (unpaired) electrons. The number of Topliss-reactive ketones (excluding diaryl/α,β-unsaturated/α-hetero) is 1. The minimum Gasteiger partial charge on any atom is -0.493 e. The van der Waals surface area contributed by atoms with Gasteiger partial charge in [0, 0.05) is 23.7 Å². The van der Waals surface area contributed by atoms with Crippen LogP contribution in [0.25, 0.3) is 0 Å². The molecule has 2 atom stereocenters. The van der Waals surface area contributed by atoms with Crippen molar-refractivity contribution < 1.29 is 23.8 Å². The molecule has 1 unspecified atom stereocenters. The maximum Gasteiger partial charge on any atom is 0.336 e. The number of esters is 1. The number of benzene rings is 1. The summed E-state index contributed by atoms with van der Waals surface area (Å²) in [6.07, 6.45) is 4.44. The lowest BCUT2D eigenvalue weighted by Crippen LogP contribution is -2.39. The molecule has 0 amide bonds. The number of fused-ring (bicyclic) bond motifs is 1. The molecule has 160 valence electrons. The molecule has 1 aromatic carbocycles. The van der Waals surface area contributed by atoms with E-state index >= 15 is 0 Å². The lowest BCUT2D eigenvalue weighted by Gasteiger charge is -2.35. The van der Waals surface area contributed by atoms with Crippen LogP contribution in [0.4, 0.5) is 0 Å². The summed E-state index contributed by atoms with van der Waals surface area (Å²) in [5.41, 5.74) is 2.68. The molecule has 1 heterocycles. The minimum absolute atomic E-state index is 0.102. The second kappa shape index (κ2) is 9.74. The second-order valence-corrected chi connectivity index (χ2v) is 7.52. The van der Waals surface area contributed by atoms with Crippen molar-refractivity contribution in [3.05, 3.63) is 47.7 Å². The van der Waals surface area contributed by atoms with Gasteiger partial charge < -0.3 is 14.2 Å². The molecule has 1 aromatic rings. The van der Waals surface area contributed by atoms with Gasteiger partial charge in [-0.05, 0) is 43.9 Å². The number of nitrogens with zero attached hydrogens (tertiary/aromatic N) is 1. The number of aliphatic imine (C=N–C) groups is 1. The van der Waals surface area contributed by atoms with Crippen LogP contribution in [0.15, 0.2) is 47.1 Å². The maximum atomic E-state index is 12.9. The van der Waals surface area contributed by atoms with Crippen LogP contribution in [0, 0.1) is 5.92 Å². The van der Waals surface area contributed by atoms with E-state index in [4.69, 9.17) is 14.2 Å². The van der Waals surface area contributed by atoms with E-state index in [1.165, 1.54) is 6.08 Å². The molecule has 0 N–H and O–H groups in total. The molecule has 6 heteroatoms. The van der Waals surface area contributed by atoms with Crippen LogP contribution in [0.1, 0.15) is 51.0 Å². The van der Waals surface area contributed by atoms with E-state index in [0.717, 1.165) is 30.5 Å². The fraction of sp³-hybridized carbons (Fsp3) is 0.458. The lowest BCUT2D eigenvalue weighted by molar-refractivity contribution is -0.138. The molecular formula is C24H29NO5. The smallest absolute Gasteiger partial charge is 0.336 e. The van der Waals surface area contributed by atoms with Gasteiger partial charge in [-0.3, -0.25) is 9.79 Å². The Bertz CT molecular complexity index is 899. The molecule has 6 nitrogen and oxygen atoms in total. The molecule has 1 aliphatic heterocycles. The van der Waals surface area contributed by atoms with Gasteiger partial charge in [0.15, 0.2) is 11.5 Å². The number of ketones is 1. The molecule has 0 aromatic heterocycles. The summed E-state index contributed by atoms with van der Waals surface area (Å²) in [5, 5.41) is 0. The van der Waals surface area contributed by atoms with Gasteiger partial charge in [-0.2, -0.15) is 0 Å². The SMILES string of the molecule is C=CCOC(=O)C1=C(C)N=C2CCCC(=O)C2[C@H]1c1ccc(OCCC)c(OC)c1. The van der Waals surface area contributed by atoms with E-state index in [1.807, 2.05) is 25.1 Å². The zero-order valence-corrected chi connectivity index (χ0v) is 17.9. The van der Waals surface area contributed by atoms with E-state index in [-0.39, 0.29) is 12.4 Å². The molecule has 2 aliphatic rings. The largest absolute Gasteiger partial charge is 0.493 e. The van der Waals surface area contributed by atoms with Crippen LogP contribution in [0.3, 0.4) is 0 Å². The van der Waals surface area contributed by atoms with Crippen molar-refractivity contribution >= 4 is 17.5 Å². The van der Waals surface area contributed by atoms with Gasteiger partial charge in [0.05, 0.1) is 25.2 Å². The first kappa shape index (κ1) is 21.8. The summed E-state index contributed by atoms with van der Waals surface area (Å²) in [4.78, 5) is 30.5. The Morgan fingerprint density at radius 3 is 2.77 bits per heavy atom. The Labute approximate surface area is 177 Å². The van der Waals surface area contributed by atoms with Gasteiger partial charge in [-0.25, -0.2) is 4.79 Å². The summed E-state index contributed by atoms with van der Waals surface area (Å²) in [6.45, 7) is 8.12. The zero-order chi connectivity index (χ0) is 21.7. The molecule has 0 saturated heterocycles. The highest BCUT2D eigenvalue weighted by atomic mass is 16.5. The maximum absolute atomic E-state index is 12.9. The third-order valence-corrected chi connectivity index (χ3v) is 5.47. The fourth-order valence-corrected chi connectivity index (χ4v) is 4.17. The monoisotopic (exact) mass is 411 g/mol. The summed E-state index contributed by atoms with van der Waals surface area (Å²) in [5.74, 6) is -0.0674. The number of allylic oxidation sites excluding steroid dienone is 1. The van der Waals surface area contributed by atoms with Gasteiger partial charge in [0.1, 0.15) is 12.4 Å². The number of carbonyl (C=O) groups is 2. The van der Waals surface area contributed by atoms with Gasteiger partial charge in [0.25, 0.3) is 0 Å². The molecule has 1 aliphatic carbocycles. The number of rotatable bonds is 8. The number of hydrogen-bond acceptors (Lipinski definition) is 6. The molecule has 0 spiro atoms. The zero-order valence-electron chi connectivity index (χ0n) is 17.9. The van der Waals surface area contributed by atoms with Crippen LogP contribution in [0.5, 0.6) is 11.5 Å². The van der Waals surface area contributed by atoms with E-state index in [0.29, 0.717) is 35.8 Å². The predicted molar refractivity (Wildman–Crippen MR) is 115 cm³/mol. The van der Waals surface area contributed by atoms with E-state index in [9.17, 15) is 9.59 Å². The van der Waals surface area contributed by atoms with Crippen molar-refractivity contribution in [2.75, 3.05) is 20.3 Å². The number of hydrogen-bond donors (Lipinski definition) is 0. The summed E-state index contributed by atoms with van der Waals surface area (Å²) >= 11 is 0. The molecular weight excluding hydrogens is 382 g/mol. The first-order valence-corrected chi connectivity index (χ1v) is 10.4. The number of carbonyl (C=O) groups excluding carboxylic acids is 2. The normalized spacial score (nSPS) is 20.9. The first-order valence-electron chi connectivity index (χ1n) is 10.4. The Kier molecular flexibility index (Phi) is 7.08. The van der Waals surface area contributed by atoms with E-state index < -0.39 is 17.8 Å². The Balaban J connectivity index is 2.09. The highest BCUT2D eigenvalue weighted by molar-refractivity contribution is 6.11. The van der Waals surface area contributed by atoms with Crippen LogP contribution in [-0.4, -0.2) is 37.8 Å². The Hall–Kier alpha value is -2.89. The average Bonchev–Trinajstić information content (AvgIpc) is 2.75. The third kappa shape index (κ3) is 4.32. The van der Waals surface area contributed by atoms with Crippen molar-refractivity contribution in [3.63, 3.8) is 0 Å². The van der Waals surface area contributed by atoms with Gasteiger partial charge in [-0.1, -0.05) is 25.6 Å². The lowest BCUT2D eigenvalue weighted by atomic mass is 9.69. The summed E-state index contributed by atoms with van der Waals surface area (Å²) in [6, 6.07) is 5.59. The second-order valence-electron chi connectivity index (χ2n) is 7.52. The molecule has 1 fully saturated rings. The topological polar surface area (TPSA) is 74.2 Å². The van der Waals surface area contributed by atoms with E-state index in [1.54, 1.807) is 14.0 Å². The molecule has 3 rings (SSSR count). The third-order valence-electron chi connectivity index (χ3n) is 5.47. The number of methoxy groups -OCH3 is 1. The fourth-order valence-electron chi connectivity index (χ4n) is 4.17. The highest BCUT2D eigenvalue weighted by Crippen LogP contribution is 2.45. The average molecular weight is 411 g/mol. The Morgan fingerprint density at radius 2 is 2.07 bits per heavy atom. The van der Waals surface area contributed by atoms with Crippen LogP contribution in [0.2, 0.25) is 0 Å². The minimum atomic E-state index is -0.469. The summed E-state index contributed by atoms with van der Waals surface area (Å²) in [7, 11) is 1.58.